The smallest absolute Gasteiger partial charge is 0.255 e. The summed E-state index contributed by atoms with van der Waals surface area (Å²) < 4.78 is 20.9. The molecule has 292 valence electrons. The summed E-state index contributed by atoms with van der Waals surface area (Å²) in [5.74, 6) is -0.475. The number of rotatable bonds is 9. The van der Waals surface area contributed by atoms with Crippen LogP contribution in [0, 0.1) is 11.9 Å². The molecule has 5 aliphatic rings. The van der Waals surface area contributed by atoms with Crippen LogP contribution in [0.3, 0.4) is 0 Å². The number of H-pyrrole nitrogens is 1. The highest BCUT2D eigenvalue weighted by molar-refractivity contribution is 6.05. The Morgan fingerprint density at radius 1 is 0.839 bits per heavy atom. The van der Waals surface area contributed by atoms with Gasteiger partial charge in [-0.2, -0.15) is 9.49 Å². The minimum absolute atomic E-state index is 0.130. The van der Waals surface area contributed by atoms with E-state index in [0.29, 0.717) is 48.6 Å². The first-order valence-corrected chi connectivity index (χ1v) is 20.4. The minimum Gasteiger partial charge on any atom is -0.377 e. The number of aromatic amines is 1. The maximum atomic E-state index is 14.9. The number of benzene rings is 3. The fraction of sp³-hybridized carbons (Fsp3) is 0.455. The van der Waals surface area contributed by atoms with Crippen molar-refractivity contribution >= 4 is 45.6 Å². The Labute approximate surface area is 326 Å². The van der Waals surface area contributed by atoms with Crippen LogP contribution in [0.5, 0.6) is 0 Å². The van der Waals surface area contributed by atoms with E-state index in [1.54, 1.807) is 4.90 Å². The average molecular weight is 760 g/mol. The number of aryl methyl sites for hydroxylation is 1. The molecule has 3 saturated heterocycles. The lowest BCUT2D eigenvalue weighted by Gasteiger charge is -2.40. The van der Waals surface area contributed by atoms with E-state index in [1.165, 1.54) is 16.8 Å². The van der Waals surface area contributed by atoms with Crippen molar-refractivity contribution in [1.82, 2.24) is 25.3 Å². The van der Waals surface area contributed by atoms with Crippen molar-refractivity contribution in [3.05, 3.63) is 93.9 Å². The molecular formula is C44H50FN7O4. The fourth-order valence-corrected chi connectivity index (χ4v) is 9.68. The lowest BCUT2D eigenvalue weighted by molar-refractivity contribution is -0.136. The summed E-state index contributed by atoms with van der Waals surface area (Å²) >= 11 is 0. The molecule has 2 N–H and O–H groups in total. The molecule has 4 aromatic rings. The first-order chi connectivity index (χ1) is 27.3. The molecule has 1 aromatic heterocycles. The van der Waals surface area contributed by atoms with Crippen LogP contribution in [0.2, 0.25) is 0 Å². The third-order valence-corrected chi connectivity index (χ3v) is 12.7. The van der Waals surface area contributed by atoms with Crippen molar-refractivity contribution in [3.63, 3.8) is 0 Å². The number of halogens is 1. The van der Waals surface area contributed by atoms with Gasteiger partial charge in [-0.25, -0.2) is 0 Å². The van der Waals surface area contributed by atoms with Crippen molar-refractivity contribution < 1.29 is 23.5 Å². The Morgan fingerprint density at radius 2 is 1.59 bits per heavy atom. The number of aromatic nitrogens is 2. The van der Waals surface area contributed by atoms with Crippen molar-refractivity contribution in [1.29, 1.82) is 0 Å². The highest BCUT2D eigenvalue weighted by atomic mass is 19.1. The second kappa shape index (κ2) is 15.5. The van der Waals surface area contributed by atoms with E-state index in [4.69, 9.17) is 4.74 Å². The van der Waals surface area contributed by atoms with Gasteiger partial charge in [0.25, 0.3) is 5.91 Å². The number of imide groups is 1. The van der Waals surface area contributed by atoms with Crippen molar-refractivity contribution in [2.45, 2.75) is 64.5 Å². The average Bonchev–Trinajstić information content (AvgIpc) is 3.69. The lowest BCUT2D eigenvalue weighted by Crippen LogP contribution is -2.52. The minimum atomic E-state index is -0.594. The zero-order valence-electron chi connectivity index (χ0n) is 32.1. The Kier molecular flexibility index (Phi) is 10.1. The summed E-state index contributed by atoms with van der Waals surface area (Å²) in [5, 5.41) is 9.74. The fourth-order valence-electron chi connectivity index (χ4n) is 9.68. The highest BCUT2D eigenvalue weighted by Crippen LogP contribution is 2.40. The summed E-state index contributed by atoms with van der Waals surface area (Å²) in [6.45, 7) is 10.7. The molecular weight excluding hydrogens is 710 g/mol. The summed E-state index contributed by atoms with van der Waals surface area (Å²) in [7, 11) is 0. The van der Waals surface area contributed by atoms with Crippen LogP contribution < -0.4 is 15.1 Å². The van der Waals surface area contributed by atoms with E-state index in [2.05, 4.69) is 66.6 Å². The highest BCUT2D eigenvalue weighted by Gasteiger charge is 2.39. The normalized spacial score (nSPS) is 21.1. The molecule has 0 spiro atoms. The van der Waals surface area contributed by atoms with Gasteiger partial charge < -0.3 is 19.4 Å². The Bertz CT molecular complexity index is 2180. The Morgan fingerprint density at radius 3 is 2.36 bits per heavy atom. The molecule has 9 rings (SSSR count). The predicted molar refractivity (Wildman–Crippen MR) is 214 cm³/mol. The molecule has 5 heterocycles. The molecule has 56 heavy (non-hydrogen) atoms. The molecule has 11 nitrogen and oxygen atoms in total. The van der Waals surface area contributed by atoms with Crippen LogP contribution in [-0.4, -0.2) is 103 Å². The standard InChI is InChI=1S/C44H50FN7O4/c1-2-56-27-30-4-3-5-35-36(12-13-37-41(35)42(45)48-47-37)40(30)29-6-8-32(9-7-29)50-18-16-28(17-19-50)25-49-20-22-51(23-21-49)33-10-11-34-31(24-33)26-52(44(34)55)38-14-15-39(53)46-43(38)54/h6-13,24,28,38H,2-5,14-23,25-27H2,1H3,(H,47,48)(H,46,53,54)/t38-/m0/s1. The molecule has 3 fully saturated rings. The number of amides is 3. The monoisotopic (exact) mass is 759 g/mol. The van der Waals surface area contributed by atoms with Crippen molar-refractivity contribution in [3.8, 4) is 0 Å². The number of nitrogens with zero attached hydrogens (tertiary/aromatic N) is 5. The van der Waals surface area contributed by atoms with Crippen molar-refractivity contribution in [2.24, 2.45) is 5.92 Å². The van der Waals surface area contributed by atoms with Crippen LogP contribution in [0.4, 0.5) is 15.8 Å². The van der Waals surface area contributed by atoms with Crippen molar-refractivity contribution in [2.75, 3.05) is 68.8 Å². The first kappa shape index (κ1) is 36.6. The van der Waals surface area contributed by atoms with E-state index in [1.807, 2.05) is 25.1 Å². The van der Waals surface area contributed by atoms with E-state index in [9.17, 15) is 18.8 Å². The summed E-state index contributed by atoms with van der Waals surface area (Å²) in [6, 6.07) is 18.5. The van der Waals surface area contributed by atoms with E-state index >= 15 is 0 Å². The number of piperidine rings is 2. The zero-order chi connectivity index (χ0) is 38.3. The Hall–Kier alpha value is -5.07. The van der Waals surface area contributed by atoms with Gasteiger partial charge in [-0.15, -0.1) is 0 Å². The molecule has 1 aliphatic carbocycles. The number of anilines is 2. The largest absolute Gasteiger partial charge is 0.377 e. The molecule has 0 radical (unpaired) electrons. The predicted octanol–water partition coefficient (Wildman–Crippen LogP) is 5.68. The van der Waals surface area contributed by atoms with Crippen LogP contribution in [0.25, 0.3) is 16.5 Å². The Balaban J connectivity index is 0.797. The number of ether oxygens (including phenoxy) is 1. The number of carbonyl (C=O) groups is 3. The molecule has 0 bridgehead atoms. The van der Waals surface area contributed by atoms with E-state index in [-0.39, 0.29) is 30.1 Å². The second-order valence-electron chi connectivity index (χ2n) is 16.0. The van der Waals surface area contributed by atoms with E-state index < -0.39 is 6.04 Å². The molecule has 0 unspecified atom stereocenters. The van der Waals surface area contributed by atoms with E-state index in [0.717, 1.165) is 106 Å². The zero-order valence-corrected chi connectivity index (χ0v) is 32.1. The van der Waals surface area contributed by atoms with Crippen LogP contribution in [-0.2, 0) is 27.3 Å². The SMILES string of the molecule is CCOCC1=C(c2ccc(N3CCC(CN4CCN(c5ccc6c(c5)CN([C@H]5CCC(=O)NC5=O)C6=O)CC4)CC3)cc2)c2ccc3n[nH]c(F)c3c2CCC1. The number of nitrogens with one attached hydrogen (secondary N) is 2. The molecule has 3 aromatic carbocycles. The topological polar surface area (TPSA) is 114 Å². The molecule has 3 amide bonds. The quantitative estimate of drug-likeness (QED) is 0.210. The van der Waals surface area contributed by atoms with Gasteiger partial charge in [0.15, 0.2) is 0 Å². The maximum Gasteiger partial charge on any atom is 0.255 e. The van der Waals surface area contributed by atoms with Crippen LogP contribution in [0.1, 0.15) is 78.1 Å². The van der Waals surface area contributed by atoms with Gasteiger partial charge in [-0.1, -0.05) is 18.2 Å². The maximum absolute atomic E-state index is 14.9. The summed E-state index contributed by atoms with van der Waals surface area (Å²) in [6.07, 6.45) is 5.61. The van der Waals surface area contributed by atoms with Gasteiger partial charge in [-0.3, -0.25) is 29.7 Å². The van der Waals surface area contributed by atoms with Gasteiger partial charge in [0.2, 0.25) is 17.8 Å². The van der Waals surface area contributed by atoms with Gasteiger partial charge >= 0.3 is 0 Å². The van der Waals surface area contributed by atoms with Gasteiger partial charge in [0.1, 0.15) is 6.04 Å². The number of piperazine rings is 1. The molecule has 0 saturated carbocycles. The summed E-state index contributed by atoms with van der Waals surface area (Å²) in [5.41, 5.74) is 10.3. The lowest BCUT2D eigenvalue weighted by atomic mass is 9.89. The van der Waals surface area contributed by atoms with Gasteiger partial charge in [0, 0.05) is 82.3 Å². The van der Waals surface area contributed by atoms with Crippen LogP contribution >= 0.6 is 0 Å². The third-order valence-electron chi connectivity index (χ3n) is 12.7. The van der Waals surface area contributed by atoms with Gasteiger partial charge in [-0.05, 0) is 121 Å². The molecule has 12 heteroatoms. The molecule has 4 aliphatic heterocycles. The third kappa shape index (κ3) is 6.98. The molecule has 1 atom stereocenters. The first-order valence-electron chi connectivity index (χ1n) is 20.4. The number of fused-ring (bicyclic) bond motifs is 4. The number of carbonyl (C=O) groups excluding carboxylic acids is 3. The van der Waals surface area contributed by atoms with Crippen LogP contribution in [0.15, 0.2) is 60.2 Å². The van der Waals surface area contributed by atoms with Gasteiger partial charge in [0.05, 0.1) is 17.5 Å². The number of hydrogen-bond acceptors (Lipinski definition) is 8. The second-order valence-corrected chi connectivity index (χ2v) is 16.0. The summed E-state index contributed by atoms with van der Waals surface area (Å²) in [4.78, 5) is 46.4. The number of hydrogen-bond donors (Lipinski definition) is 2.